The number of nitrogens with one attached hydrogen (secondary N) is 1. The number of hydrogen-bond acceptors (Lipinski definition) is 2. The second-order valence-corrected chi connectivity index (χ2v) is 4.18. The van der Waals surface area contributed by atoms with Gasteiger partial charge in [0.2, 0.25) is 5.91 Å². The van der Waals surface area contributed by atoms with Crippen LogP contribution in [0, 0.1) is 5.92 Å². The fourth-order valence-electron chi connectivity index (χ4n) is 1.26. The first-order valence-electron chi connectivity index (χ1n) is 5.87. The molecular formula is C12H23NO2. The van der Waals surface area contributed by atoms with Gasteiger partial charge in [-0.2, -0.15) is 0 Å². The van der Waals surface area contributed by atoms with Crippen LogP contribution in [0.2, 0.25) is 0 Å². The first-order valence-corrected chi connectivity index (χ1v) is 5.87. The van der Waals surface area contributed by atoms with E-state index in [9.17, 15) is 9.59 Å². The number of ketones is 1. The highest BCUT2D eigenvalue weighted by Crippen LogP contribution is 2.03. The van der Waals surface area contributed by atoms with Crippen molar-refractivity contribution in [2.24, 2.45) is 5.92 Å². The highest BCUT2D eigenvalue weighted by molar-refractivity contribution is 5.80. The van der Waals surface area contributed by atoms with Crippen molar-refractivity contribution in [1.82, 2.24) is 5.32 Å². The van der Waals surface area contributed by atoms with Gasteiger partial charge in [0.05, 0.1) is 0 Å². The third-order valence-corrected chi connectivity index (χ3v) is 2.29. The van der Waals surface area contributed by atoms with E-state index in [1.54, 1.807) is 0 Å². The van der Waals surface area contributed by atoms with E-state index < -0.39 is 0 Å². The third kappa shape index (κ3) is 8.16. The smallest absolute Gasteiger partial charge is 0.219 e. The molecule has 0 aromatic heterocycles. The van der Waals surface area contributed by atoms with E-state index in [0.717, 1.165) is 19.3 Å². The third-order valence-electron chi connectivity index (χ3n) is 2.29. The summed E-state index contributed by atoms with van der Waals surface area (Å²) in [6, 6.07) is 0. The van der Waals surface area contributed by atoms with Crippen LogP contribution in [0.1, 0.15) is 52.9 Å². The summed E-state index contributed by atoms with van der Waals surface area (Å²) in [6.07, 6.45) is 3.90. The molecule has 0 saturated carbocycles. The van der Waals surface area contributed by atoms with E-state index in [2.05, 4.69) is 5.32 Å². The summed E-state index contributed by atoms with van der Waals surface area (Å²) >= 11 is 0. The molecule has 0 rings (SSSR count). The van der Waals surface area contributed by atoms with Crippen molar-refractivity contribution in [3.05, 3.63) is 0 Å². The van der Waals surface area contributed by atoms with E-state index in [4.69, 9.17) is 0 Å². The molecule has 0 aliphatic rings. The molecule has 3 nitrogen and oxygen atoms in total. The van der Waals surface area contributed by atoms with E-state index in [0.29, 0.717) is 25.2 Å². The van der Waals surface area contributed by atoms with Crippen molar-refractivity contribution in [3.63, 3.8) is 0 Å². The van der Waals surface area contributed by atoms with Gasteiger partial charge in [-0.1, -0.05) is 20.8 Å². The predicted octanol–water partition coefficient (Wildman–Crippen LogP) is 2.30. The molecule has 0 aromatic rings. The normalized spacial score (nSPS) is 10.4. The lowest BCUT2D eigenvalue weighted by Gasteiger charge is -2.05. The highest BCUT2D eigenvalue weighted by Gasteiger charge is 2.06. The summed E-state index contributed by atoms with van der Waals surface area (Å²) in [5.41, 5.74) is 0. The van der Waals surface area contributed by atoms with Gasteiger partial charge in [0.15, 0.2) is 0 Å². The Bertz CT molecular complexity index is 200. The van der Waals surface area contributed by atoms with Crippen molar-refractivity contribution in [3.8, 4) is 0 Å². The Kier molecular flexibility index (Phi) is 7.96. The zero-order valence-electron chi connectivity index (χ0n) is 10.1. The van der Waals surface area contributed by atoms with E-state index in [-0.39, 0.29) is 11.8 Å². The second kappa shape index (κ2) is 8.45. The van der Waals surface area contributed by atoms with Gasteiger partial charge in [-0.05, 0) is 19.3 Å². The molecule has 0 saturated heterocycles. The molecule has 0 fully saturated rings. The minimum atomic E-state index is 0.118. The van der Waals surface area contributed by atoms with Gasteiger partial charge in [0, 0.05) is 25.3 Å². The van der Waals surface area contributed by atoms with Gasteiger partial charge in [0.25, 0.3) is 0 Å². The molecule has 0 atom stereocenters. The summed E-state index contributed by atoms with van der Waals surface area (Å²) in [5.74, 6) is 0.572. The maximum atomic E-state index is 11.3. The minimum Gasteiger partial charge on any atom is -0.356 e. The average Bonchev–Trinajstić information content (AvgIpc) is 2.17. The highest BCUT2D eigenvalue weighted by atomic mass is 16.1. The second-order valence-electron chi connectivity index (χ2n) is 4.18. The lowest BCUT2D eigenvalue weighted by atomic mass is 10.0. The SMILES string of the molecule is CCCC(=O)NCCCCC(=O)C(C)C. The topological polar surface area (TPSA) is 46.2 Å². The van der Waals surface area contributed by atoms with Crippen LogP contribution in [0.3, 0.4) is 0 Å². The molecule has 0 radical (unpaired) electrons. The van der Waals surface area contributed by atoms with Crippen LogP contribution < -0.4 is 5.32 Å². The minimum absolute atomic E-state index is 0.118. The van der Waals surface area contributed by atoms with Crippen LogP contribution in [-0.2, 0) is 9.59 Å². The van der Waals surface area contributed by atoms with Crippen molar-refractivity contribution in [1.29, 1.82) is 0 Å². The van der Waals surface area contributed by atoms with Gasteiger partial charge in [0.1, 0.15) is 5.78 Å². The number of carbonyl (C=O) groups excluding carboxylic acids is 2. The monoisotopic (exact) mass is 213 g/mol. The van der Waals surface area contributed by atoms with Crippen molar-refractivity contribution in [2.45, 2.75) is 52.9 Å². The zero-order chi connectivity index (χ0) is 11.7. The first kappa shape index (κ1) is 14.1. The summed E-state index contributed by atoms with van der Waals surface area (Å²) < 4.78 is 0. The summed E-state index contributed by atoms with van der Waals surface area (Å²) in [5, 5.41) is 2.84. The van der Waals surface area contributed by atoms with Gasteiger partial charge in [-0.3, -0.25) is 9.59 Å². The number of Topliss-reactive ketones (excluding diaryl/α,β-unsaturated/α-hetero) is 1. The van der Waals surface area contributed by atoms with E-state index in [1.165, 1.54) is 0 Å². The van der Waals surface area contributed by atoms with E-state index >= 15 is 0 Å². The standard InChI is InChI=1S/C12H23NO2/c1-4-7-12(15)13-9-6-5-8-11(14)10(2)3/h10H,4-9H2,1-3H3,(H,13,15). The molecule has 88 valence electrons. The molecule has 1 N–H and O–H groups in total. The Hall–Kier alpha value is -0.860. The molecule has 0 unspecified atom stereocenters. The van der Waals surface area contributed by atoms with Crippen molar-refractivity contribution in [2.75, 3.05) is 6.54 Å². The maximum Gasteiger partial charge on any atom is 0.219 e. The Morgan fingerprint density at radius 1 is 1.13 bits per heavy atom. The van der Waals surface area contributed by atoms with Crippen LogP contribution in [0.25, 0.3) is 0 Å². The first-order chi connectivity index (χ1) is 7.07. The van der Waals surface area contributed by atoms with Crippen molar-refractivity contribution < 1.29 is 9.59 Å². The van der Waals surface area contributed by atoms with Gasteiger partial charge >= 0.3 is 0 Å². The predicted molar refractivity (Wildman–Crippen MR) is 61.6 cm³/mol. The lowest BCUT2D eigenvalue weighted by Crippen LogP contribution is -2.23. The fourth-order valence-corrected chi connectivity index (χ4v) is 1.26. The molecular weight excluding hydrogens is 190 g/mol. The average molecular weight is 213 g/mol. The molecule has 1 amide bonds. The lowest BCUT2D eigenvalue weighted by molar-refractivity contribution is -0.122. The number of carbonyl (C=O) groups is 2. The molecule has 15 heavy (non-hydrogen) atoms. The molecule has 0 spiro atoms. The largest absolute Gasteiger partial charge is 0.356 e. The van der Waals surface area contributed by atoms with Crippen LogP contribution >= 0.6 is 0 Å². The molecule has 3 heteroatoms. The van der Waals surface area contributed by atoms with Crippen LogP contribution in [0.4, 0.5) is 0 Å². The molecule has 0 aliphatic heterocycles. The Morgan fingerprint density at radius 3 is 2.33 bits per heavy atom. The molecule has 0 aliphatic carbocycles. The number of unbranched alkanes of at least 4 members (excludes halogenated alkanes) is 1. The number of hydrogen-bond donors (Lipinski definition) is 1. The maximum absolute atomic E-state index is 11.3. The molecule has 0 bridgehead atoms. The van der Waals surface area contributed by atoms with Gasteiger partial charge in [-0.15, -0.1) is 0 Å². The van der Waals surface area contributed by atoms with Gasteiger partial charge in [-0.25, -0.2) is 0 Å². The van der Waals surface area contributed by atoms with Crippen molar-refractivity contribution >= 4 is 11.7 Å². The summed E-state index contributed by atoms with van der Waals surface area (Å²) in [6.45, 7) is 6.53. The van der Waals surface area contributed by atoms with Crippen LogP contribution in [0.5, 0.6) is 0 Å². The molecule has 0 heterocycles. The summed E-state index contributed by atoms with van der Waals surface area (Å²) in [7, 11) is 0. The number of rotatable bonds is 8. The Labute approximate surface area is 92.6 Å². The van der Waals surface area contributed by atoms with Crippen LogP contribution in [-0.4, -0.2) is 18.2 Å². The summed E-state index contributed by atoms with van der Waals surface area (Å²) in [4.78, 5) is 22.3. The quantitative estimate of drug-likeness (QED) is 0.629. The zero-order valence-corrected chi connectivity index (χ0v) is 10.1. The Balaban J connectivity index is 3.32. The Morgan fingerprint density at radius 2 is 1.80 bits per heavy atom. The fraction of sp³-hybridized carbons (Fsp3) is 0.833. The number of amides is 1. The molecule has 0 aromatic carbocycles. The van der Waals surface area contributed by atoms with Gasteiger partial charge < -0.3 is 5.32 Å². The van der Waals surface area contributed by atoms with Crippen LogP contribution in [0.15, 0.2) is 0 Å². The van der Waals surface area contributed by atoms with E-state index in [1.807, 2.05) is 20.8 Å².